The van der Waals surface area contributed by atoms with E-state index in [2.05, 4.69) is 0 Å². The molecule has 1 aromatic rings. The van der Waals surface area contributed by atoms with Crippen LogP contribution in [0.3, 0.4) is 0 Å². The Hall–Kier alpha value is -1.59. The highest BCUT2D eigenvalue weighted by molar-refractivity contribution is 6.33. The summed E-state index contributed by atoms with van der Waals surface area (Å²) in [5.74, 6) is 6.18. The van der Waals surface area contributed by atoms with E-state index in [0.29, 0.717) is 22.1 Å². The van der Waals surface area contributed by atoms with Crippen LogP contribution in [0.25, 0.3) is 0 Å². The summed E-state index contributed by atoms with van der Waals surface area (Å²) < 4.78 is 5.05. The molecular weight excluding hydrogens is 216 g/mol. The van der Waals surface area contributed by atoms with E-state index >= 15 is 0 Å². The van der Waals surface area contributed by atoms with Gasteiger partial charge in [-0.15, -0.1) is 0 Å². The van der Waals surface area contributed by atoms with Crippen LogP contribution in [0.15, 0.2) is 24.5 Å². The second-order valence-electron chi connectivity index (χ2n) is 2.79. The first-order valence-corrected chi connectivity index (χ1v) is 4.53. The standard InChI is InChI=1S/C9H13ClN4O/c1-15-9-5-8(14(13)3-2-11)6(10)4-7(9)12/h2-5H,11-13H2,1H3/b3-2-. The van der Waals surface area contributed by atoms with E-state index in [1.807, 2.05) is 0 Å². The Balaban J connectivity index is 3.17. The number of nitrogens with two attached hydrogens (primary N) is 3. The largest absolute Gasteiger partial charge is 0.495 e. The van der Waals surface area contributed by atoms with Crippen molar-refractivity contribution in [3.63, 3.8) is 0 Å². The molecule has 0 aliphatic rings. The van der Waals surface area contributed by atoms with E-state index in [-0.39, 0.29) is 0 Å². The number of benzene rings is 1. The molecule has 0 saturated heterocycles. The molecule has 0 saturated carbocycles. The Morgan fingerprint density at radius 1 is 1.47 bits per heavy atom. The third-order valence-electron chi connectivity index (χ3n) is 1.82. The van der Waals surface area contributed by atoms with Crippen molar-refractivity contribution in [1.82, 2.24) is 0 Å². The molecule has 0 fully saturated rings. The molecule has 0 heterocycles. The molecule has 0 aliphatic carbocycles. The summed E-state index contributed by atoms with van der Waals surface area (Å²) in [6.07, 6.45) is 2.77. The van der Waals surface area contributed by atoms with Gasteiger partial charge in [0.15, 0.2) is 0 Å². The fourth-order valence-electron chi connectivity index (χ4n) is 1.11. The average molecular weight is 229 g/mol. The molecule has 0 aromatic heterocycles. The number of methoxy groups -OCH3 is 1. The summed E-state index contributed by atoms with van der Waals surface area (Å²) in [5.41, 5.74) is 11.9. The molecule has 1 aromatic carbocycles. The zero-order chi connectivity index (χ0) is 11.4. The van der Waals surface area contributed by atoms with Crippen molar-refractivity contribution in [3.05, 3.63) is 29.6 Å². The van der Waals surface area contributed by atoms with Crippen LogP contribution in [0.5, 0.6) is 5.75 Å². The molecule has 15 heavy (non-hydrogen) atoms. The van der Waals surface area contributed by atoms with Gasteiger partial charge in [0, 0.05) is 18.5 Å². The molecular formula is C9H13ClN4O. The lowest BCUT2D eigenvalue weighted by Gasteiger charge is -2.17. The predicted octanol–water partition coefficient (Wildman–Crippen LogP) is 1.04. The van der Waals surface area contributed by atoms with Crippen molar-refractivity contribution >= 4 is 23.0 Å². The van der Waals surface area contributed by atoms with E-state index in [1.165, 1.54) is 24.5 Å². The van der Waals surface area contributed by atoms with Crippen molar-refractivity contribution in [2.75, 3.05) is 17.9 Å². The maximum Gasteiger partial charge on any atom is 0.143 e. The minimum atomic E-state index is 0.425. The van der Waals surface area contributed by atoms with Crippen molar-refractivity contribution in [2.45, 2.75) is 0 Å². The maximum absolute atomic E-state index is 5.96. The summed E-state index contributed by atoms with van der Waals surface area (Å²) >= 11 is 5.96. The van der Waals surface area contributed by atoms with E-state index in [4.69, 9.17) is 33.6 Å². The quantitative estimate of drug-likeness (QED) is 0.409. The zero-order valence-corrected chi connectivity index (χ0v) is 9.03. The van der Waals surface area contributed by atoms with Crippen molar-refractivity contribution in [3.8, 4) is 5.75 Å². The summed E-state index contributed by atoms with van der Waals surface area (Å²) in [6.45, 7) is 0. The number of anilines is 2. The average Bonchev–Trinajstić information content (AvgIpc) is 2.18. The number of nitrogens with zero attached hydrogens (tertiary/aromatic N) is 1. The van der Waals surface area contributed by atoms with Crippen LogP contribution in [-0.4, -0.2) is 7.11 Å². The lowest BCUT2D eigenvalue weighted by atomic mass is 10.2. The molecule has 0 unspecified atom stereocenters. The van der Waals surface area contributed by atoms with Gasteiger partial charge < -0.3 is 16.2 Å². The highest BCUT2D eigenvalue weighted by atomic mass is 35.5. The fourth-order valence-corrected chi connectivity index (χ4v) is 1.38. The first-order valence-electron chi connectivity index (χ1n) is 4.15. The van der Waals surface area contributed by atoms with Crippen molar-refractivity contribution < 1.29 is 4.74 Å². The minimum absolute atomic E-state index is 0.425. The Morgan fingerprint density at radius 3 is 2.67 bits per heavy atom. The van der Waals surface area contributed by atoms with Gasteiger partial charge in [-0.25, -0.2) is 5.84 Å². The fraction of sp³-hybridized carbons (Fsp3) is 0.111. The van der Waals surface area contributed by atoms with Crippen LogP contribution in [0.2, 0.25) is 5.02 Å². The molecule has 6 N–H and O–H groups in total. The van der Waals surface area contributed by atoms with Gasteiger partial charge in [0.05, 0.1) is 23.5 Å². The Labute approximate surface area is 93.0 Å². The zero-order valence-electron chi connectivity index (χ0n) is 8.27. The Morgan fingerprint density at radius 2 is 2.13 bits per heavy atom. The van der Waals surface area contributed by atoms with Gasteiger partial charge in [-0.3, -0.25) is 5.01 Å². The van der Waals surface area contributed by atoms with Gasteiger partial charge in [0.1, 0.15) is 5.75 Å². The highest BCUT2D eigenvalue weighted by Gasteiger charge is 2.09. The summed E-state index contributed by atoms with van der Waals surface area (Å²) in [4.78, 5) is 0. The normalized spacial score (nSPS) is 10.6. The summed E-state index contributed by atoms with van der Waals surface area (Å²) in [6, 6.07) is 3.21. The van der Waals surface area contributed by atoms with Crippen LogP contribution in [-0.2, 0) is 0 Å². The Bertz CT molecular complexity index is 381. The lowest BCUT2D eigenvalue weighted by Crippen LogP contribution is -2.24. The van der Waals surface area contributed by atoms with Crippen molar-refractivity contribution in [1.29, 1.82) is 0 Å². The van der Waals surface area contributed by atoms with E-state index < -0.39 is 0 Å². The first kappa shape index (κ1) is 11.5. The molecule has 1 rings (SSSR count). The molecule has 0 amide bonds. The van der Waals surface area contributed by atoms with Crippen LogP contribution in [0.4, 0.5) is 11.4 Å². The van der Waals surface area contributed by atoms with Gasteiger partial charge in [-0.1, -0.05) is 11.6 Å². The molecule has 0 spiro atoms. The van der Waals surface area contributed by atoms with Gasteiger partial charge in [-0.05, 0) is 6.07 Å². The second kappa shape index (κ2) is 4.77. The number of nitrogen functional groups attached to an aromatic ring is 1. The van der Waals surface area contributed by atoms with E-state index in [9.17, 15) is 0 Å². The van der Waals surface area contributed by atoms with Gasteiger partial charge in [-0.2, -0.15) is 0 Å². The third kappa shape index (κ3) is 2.45. The minimum Gasteiger partial charge on any atom is -0.495 e. The lowest BCUT2D eigenvalue weighted by molar-refractivity contribution is 0.417. The molecule has 0 bridgehead atoms. The van der Waals surface area contributed by atoms with E-state index in [1.54, 1.807) is 12.1 Å². The number of rotatable bonds is 3. The first-order chi connectivity index (χ1) is 7.10. The molecule has 82 valence electrons. The maximum atomic E-state index is 5.96. The van der Waals surface area contributed by atoms with Gasteiger partial charge in [0.25, 0.3) is 0 Å². The van der Waals surface area contributed by atoms with Crippen LogP contribution in [0.1, 0.15) is 0 Å². The SMILES string of the molecule is COc1cc(N(N)/C=C\N)c(Cl)cc1N. The topological polar surface area (TPSA) is 90.5 Å². The van der Waals surface area contributed by atoms with Crippen LogP contribution in [0, 0.1) is 0 Å². The Kier molecular flexibility index (Phi) is 3.65. The summed E-state index contributed by atoms with van der Waals surface area (Å²) in [7, 11) is 1.52. The van der Waals surface area contributed by atoms with Crippen molar-refractivity contribution in [2.24, 2.45) is 11.6 Å². The van der Waals surface area contributed by atoms with Gasteiger partial charge in [0.2, 0.25) is 0 Å². The van der Waals surface area contributed by atoms with Crippen LogP contribution >= 0.6 is 11.6 Å². The predicted molar refractivity (Wildman–Crippen MR) is 62.4 cm³/mol. The number of hydrazine groups is 1. The third-order valence-corrected chi connectivity index (χ3v) is 2.13. The number of hydrogen-bond donors (Lipinski definition) is 3. The second-order valence-corrected chi connectivity index (χ2v) is 3.20. The van der Waals surface area contributed by atoms with Gasteiger partial charge >= 0.3 is 0 Å². The highest BCUT2D eigenvalue weighted by Crippen LogP contribution is 2.33. The smallest absolute Gasteiger partial charge is 0.143 e. The molecule has 0 atom stereocenters. The molecule has 5 nitrogen and oxygen atoms in total. The number of hydrogen-bond acceptors (Lipinski definition) is 5. The van der Waals surface area contributed by atoms with Crippen LogP contribution < -0.4 is 27.1 Å². The molecule has 0 radical (unpaired) electrons. The van der Waals surface area contributed by atoms with E-state index in [0.717, 1.165) is 0 Å². The number of halogens is 1. The molecule has 0 aliphatic heterocycles. The monoisotopic (exact) mass is 228 g/mol. The summed E-state index contributed by atoms with van der Waals surface area (Å²) in [5, 5.41) is 1.71. The molecule has 6 heteroatoms. The number of ether oxygens (including phenoxy) is 1.